The van der Waals surface area contributed by atoms with Crippen molar-refractivity contribution in [2.75, 3.05) is 0 Å². The van der Waals surface area contributed by atoms with Crippen molar-refractivity contribution in [2.24, 2.45) is 11.8 Å². The summed E-state index contributed by atoms with van der Waals surface area (Å²) in [6.07, 6.45) is 0.434. The largest absolute Gasteiger partial charge is 0.481 e. The maximum Gasteiger partial charge on any atom is 0.307 e. The van der Waals surface area contributed by atoms with Crippen LogP contribution in [0.5, 0.6) is 0 Å². The molecule has 2 N–H and O–H groups in total. The van der Waals surface area contributed by atoms with Gasteiger partial charge in [-0.2, -0.15) is 0 Å². The SMILES string of the molecule is C[C@@H](NC(=O)[C@@H]1C[C@@H]1C(=O)O)c1cccc(Cl)c1. The van der Waals surface area contributed by atoms with Crippen LogP contribution in [0.4, 0.5) is 0 Å². The standard InChI is InChI=1S/C13H14ClNO3/c1-7(8-3-2-4-9(14)5-8)15-12(16)10-6-11(10)13(17)18/h2-5,7,10-11H,6H2,1H3,(H,15,16)(H,17,18)/t7-,10-,11+/m1/s1. The van der Waals surface area contributed by atoms with Gasteiger partial charge in [0.2, 0.25) is 5.91 Å². The lowest BCUT2D eigenvalue weighted by atomic mass is 10.1. The summed E-state index contributed by atoms with van der Waals surface area (Å²) in [7, 11) is 0. The maximum atomic E-state index is 11.8. The Balaban J connectivity index is 1.94. The number of carbonyl (C=O) groups is 2. The van der Waals surface area contributed by atoms with Crippen LogP contribution in [0.1, 0.15) is 24.9 Å². The van der Waals surface area contributed by atoms with Crippen LogP contribution in [0.2, 0.25) is 5.02 Å². The van der Waals surface area contributed by atoms with E-state index in [0.29, 0.717) is 11.4 Å². The Morgan fingerprint density at radius 2 is 2.17 bits per heavy atom. The van der Waals surface area contributed by atoms with Crippen molar-refractivity contribution in [2.45, 2.75) is 19.4 Å². The van der Waals surface area contributed by atoms with Gasteiger partial charge in [0.1, 0.15) is 0 Å². The Kier molecular flexibility index (Phi) is 3.57. The van der Waals surface area contributed by atoms with E-state index in [2.05, 4.69) is 5.32 Å². The first-order chi connectivity index (χ1) is 8.49. The first kappa shape index (κ1) is 12.9. The summed E-state index contributed by atoms with van der Waals surface area (Å²) in [6.45, 7) is 1.85. The van der Waals surface area contributed by atoms with Crippen molar-refractivity contribution in [1.29, 1.82) is 0 Å². The van der Waals surface area contributed by atoms with Crippen LogP contribution in [0.3, 0.4) is 0 Å². The summed E-state index contributed by atoms with van der Waals surface area (Å²) in [5.41, 5.74) is 0.906. The summed E-state index contributed by atoms with van der Waals surface area (Å²) < 4.78 is 0. The second kappa shape index (κ2) is 4.98. The number of halogens is 1. The molecule has 18 heavy (non-hydrogen) atoms. The van der Waals surface area contributed by atoms with Crippen LogP contribution < -0.4 is 5.32 Å². The van der Waals surface area contributed by atoms with Crippen LogP contribution in [-0.2, 0) is 9.59 Å². The van der Waals surface area contributed by atoms with Gasteiger partial charge in [0.05, 0.1) is 17.9 Å². The van der Waals surface area contributed by atoms with Gasteiger partial charge in [0, 0.05) is 5.02 Å². The molecule has 1 aromatic rings. The van der Waals surface area contributed by atoms with Gasteiger partial charge in [0.15, 0.2) is 0 Å². The highest BCUT2D eigenvalue weighted by atomic mass is 35.5. The Bertz CT molecular complexity index is 489. The summed E-state index contributed by atoms with van der Waals surface area (Å²) in [4.78, 5) is 22.5. The van der Waals surface area contributed by atoms with Gasteiger partial charge in [-0.05, 0) is 31.0 Å². The van der Waals surface area contributed by atoms with E-state index in [1.807, 2.05) is 19.1 Å². The lowest BCUT2D eigenvalue weighted by Gasteiger charge is -2.14. The monoisotopic (exact) mass is 267 g/mol. The Morgan fingerprint density at radius 1 is 1.44 bits per heavy atom. The lowest BCUT2D eigenvalue weighted by Crippen LogP contribution is -2.29. The summed E-state index contributed by atoms with van der Waals surface area (Å²) in [5.74, 6) is -2.00. The Hall–Kier alpha value is -1.55. The maximum absolute atomic E-state index is 11.8. The molecule has 0 aromatic heterocycles. The summed E-state index contributed by atoms with van der Waals surface area (Å²) in [5, 5.41) is 12.2. The zero-order valence-electron chi connectivity index (χ0n) is 9.89. The molecule has 2 rings (SSSR count). The first-order valence-electron chi connectivity index (χ1n) is 5.77. The van der Waals surface area contributed by atoms with Gasteiger partial charge in [-0.15, -0.1) is 0 Å². The average Bonchev–Trinajstić information content (AvgIpc) is 3.08. The molecule has 4 nitrogen and oxygen atoms in total. The second-order valence-corrected chi connectivity index (χ2v) is 5.01. The lowest BCUT2D eigenvalue weighted by molar-refractivity contribution is -0.140. The zero-order chi connectivity index (χ0) is 13.3. The molecule has 1 fully saturated rings. The van der Waals surface area contributed by atoms with E-state index in [4.69, 9.17) is 16.7 Å². The van der Waals surface area contributed by atoms with Gasteiger partial charge in [-0.3, -0.25) is 9.59 Å². The van der Waals surface area contributed by atoms with Crippen molar-refractivity contribution < 1.29 is 14.7 Å². The molecule has 1 aliphatic carbocycles. The van der Waals surface area contributed by atoms with Gasteiger partial charge < -0.3 is 10.4 Å². The fourth-order valence-electron chi connectivity index (χ4n) is 1.94. The van der Waals surface area contributed by atoms with Crippen molar-refractivity contribution in [3.63, 3.8) is 0 Å². The number of aliphatic carboxylic acids is 1. The molecule has 1 amide bonds. The average molecular weight is 268 g/mol. The number of benzene rings is 1. The Labute approximate surface area is 110 Å². The van der Waals surface area contributed by atoms with E-state index in [1.165, 1.54) is 0 Å². The minimum absolute atomic E-state index is 0.175. The third-order valence-corrected chi connectivity index (χ3v) is 3.39. The number of hydrogen-bond donors (Lipinski definition) is 2. The van der Waals surface area contributed by atoms with Crippen LogP contribution in [0.15, 0.2) is 24.3 Å². The summed E-state index contributed by atoms with van der Waals surface area (Å²) >= 11 is 5.87. The molecule has 96 valence electrons. The molecule has 1 aromatic carbocycles. The van der Waals surface area contributed by atoms with Crippen molar-refractivity contribution in [3.8, 4) is 0 Å². The minimum Gasteiger partial charge on any atom is -0.481 e. The van der Waals surface area contributed by atoms with E-state index >= 15 is 0 Å². The molecule has 0 spiro atoms. The van der Waals surface area contributed by atoms with Crippen LogP contribution in [-0.4, -0.2) is 17.0 Å². The molecule has 5 heteroatoms. The van der Waals surface area contributed by atoms with E-state index in [9.17, 15) is 9.59 Å². The second-order valence-electron chi connectivity index (χ2n) is 4.57. The molecule has 1 aliphatic rings. The van der Waals surface area contributed by atoms with Crippen LogP contribution >= 0.6 is 11.6 Å². The van der Waals surface area contributed by atoms with Crippen molar-refractivity contribution >= 4 is 23.5 Å². The summed E-state index contributed by atoms with van der Waals surface area (Å²) in [6, 6.07) is 7.07. The molecule has 0 unspecified atom stereocenters. The van der Waals surface area contributed by atoms with E-state index in [1.54, 1.807) is 12.1 Å². The van der Waals surface area contributed by atoms with Crippen LogP contribution in [0, 0.1) is 11.8 Å². The van der Waals surface area contributed by atoms with Crippen molar-refractivity contribution in [3.05, 3.63) is 34.9 Å². The normalized spacial score (nSPS) is 23.2. The highest BCUT2D eigenvalue weighted by Gasteiger charge is 2.48. The number of hydrogen-bond acceptors (Lipinski definition) is 2. The number of carboxylic acid groups (broad SMARTS) is 1. The topological polar surface area (TPSA) is 66.4 Å². The highest BCUT2D eigenvalue weighted by molar-refractivity contribution is 6.30. The predicted octanol–water partition coefficient (Wildman–Crippen LogP) is 2.24. The molecule has 0 aliphatic heterocycles. The fraction of sp³-hybridized carbons (Fsp3) is 0.385. The van der Waals surface area contributed by atoms with Gasteiger partial charge in [-0.25, -0.2) is 0 Å². The van der Waals surface area contributed by atoms with Crippen LogP contribution in [0.25, 0.3) is 0 Å². The number of carbonyl (C=O) groups excluding carboxylic acids is 1. The molecular weight excluding hydrogens is 254 g/mol. The van der Waals surface area contributed by atoms with E-state index in [-0.39, 0.29) is 17.9 Å². The molecule has 3 atom stereocenters. The highest BCUT2D eigenvalue weighted by Crippen LogP contribution is 2.39. The smallest absolute Gasteiger partial charge is 0.307 e. The third kappa shape index (κ3) is 2.82. The number of amides is 1. The van der Waals surface area contributed by atoms with Crippen molar-refractivity contribution in [1.82, 2.24) is 5.32 Å². The Morgan fingerprint density at radius 3 is 2.72 bits per heavy atom. The third-order valence-electron chi connectivity index (χ3n) is 3.15. The predicted molar refractivity (Wildman–Crippen MR) is 67.2 cm³/mol. The minimum atomic E-state index is -0.898. The van der Waals surface area contributed by atoms with Gasteiger partial charge in [0.25, 0.3) is 0 Å². The quantitative estimate of drug-likeness (QED) is 0.879. The fourth-order valence-corrected chi connectivity index (χ4v) is 2.14. The molecule has 0 saturated heterocycles. The number of nitrogens with one attached hydrogen (secondary N) is 1. The zero-order valence-corrected chi connectivity index (χ0v) is 10.6. The molecule has 0 bridgehead atoms. The molecule has 0 heterocycles. The first-order valence-corrected chi connectivity index (χ1v) is 6.15. The molecule has 0 radical (unpaired) electrons. The van der Waals surface area contributed by atoms with Gasteiger partial charge in [-0.1, -0.05) is 23.7 Å². The van der Waals surface area contributed by atoms with E-state index in [0.717, 1.165) is 5.56 Å². The van der Waals surface area contributed by atoms with Gasteiger partial charge >= 0.3 is 5.97 Å². The number of rotatable bonds is 4. The van der Waals surface area contributed by atoms with E-state index < -0.39 is 11.9 Å². The number of carboxylic acids is 1. The molecule has 1 saturated carbocycles. The molecular formula is C13H14ClNO3.